The molecule has 1 aromatic carbocycles. The van der Waals surface area contributed by atoms with E-state index in [1.807, 2.05) is 19.1 Å². The minimum Gasteiger partial charge on any atom is -0.310 e. The summed E-state index contributed by atoms with van der Waals surface area (Å²) in [6.07, 6.45) is 3.91. The molecule has 2 rings (SSSR count). The van der Waals surface area contributed by atoms with Crippen molar-refractivity contribution in [1.29, 1.82) is 0 Å². The van der Waals surface area contributed by atoms with Crippen LogP contribution in [0.2, 0.25) is 0 Å². The van der Waals surface area contributed by atoms with Crippen molar-refractivity contribution in [3.63, 3.8) is 0 Å². The normalized spacial score (nSPS) is 27.0. The van der Waals surface area contributed by atoms with Crippen LogP contribution in [0.15, 0.2) is 18.2 Å². The first-order valence-electron chi connectivity index (χ1n) is 7.95. The number of halogens is 1. The molecule has 0 amide bonds. The molecule has 0 radical (unpaired) electrons. The SMILES string of the molecule is Cc1ccc(CNC2CC(C)CCC2C(C)C)cc1F. The van der Waals surface area contributed by atoms with Gasteiger partial charge in [0.1, 0.15) is 5.82 Å². The summed E-state index contributed by atoms with van der Waals surface area (Å²) in [5.74, 6) is 2.18. The summed E-state index contributed by atoms with van der Waals surface area (Å²) in [5, 5.41) is 3.68. The molecule has 1 N–H and O–H groups in total. The molecular weight excluding hydrogens is 249 g/mol. The summed E-state index contributed by atoms with van der Waals surface area (Å²) in [4.78, 5) is 0. The van der Waals surface area contributed by atoms with Crippen LogP contribution in [-0.4, -0.2) is 6.04 Å². The van der Waals surface area contributed by atoms with Gasteiger partial charge in [-0.25, -0.2) is 4.39 Å². The molecule has 1 nitrogen and oxygen atoms in total. The molecule has 0 heterocycles. The smallest absolute Gasteiger partial charge is 0.126 e. The molecule has 112 valence electrons. The van der Waals surface area contributed by atoms with Gasteiger partial charge in [-0.2, -0.15) is 0 Å². The summed E-state index contributed by atoms with van der Waals surface area (Å²) in [6, 6.07) is 6.14. The Morgan fingerprint density at radius 3 is 2.70 bits per heavy atom. The largest absolute Gasteiger partial charge is 0.310 e. The molecule has 1 aliphatic rings. The second kappa shape index (κ2) is 6.71. The first-order valence-corrected chi connectivity index (χ1v) is 7.95. The fourth-order valence-electron chi connectivity index (χ4n) is 3.43. The predicted molar refractivity (Wildman–Crippen MR) is 83.1 cm³/mol. The van der Waals surface area contributed by atoms with Crippen LogP contribution in [0.5, 0.6) is 0 Å². The standard InChI is InChI=1S/C18H28FN/c1-12(2)16-8-5-13(3)9-18(16)20-11-15-7-6-14(4)17(19)10-15/h6-7,10,12-13,16,18,20H,5,8-9,11H2,1-4H3. The van der Waals surface area contributed by atoms with Crippen molar-refractivity contribution in [2.45, 2.75) is 59.5 Å². The van der Waals surface area contributed by atoms with Crippen molar-refractivity contribution in [2.24, 2.45) is 17.8 Å². The lowest BCUT2D eigenvalue weighted by atomic mass is 9.74. The average molecular weight is 277 g/mol. The number of benzene rings is 1. The highest BCUT2D eigenvalue weighted by molar-refractivity contribution is 5.23. The Kier molecular flexibility index (Phi) is 5.20. The average Bonchev–Trinajstić information content (AvgIpc) is 2.40. The second-order valence-corrected chi connectivity index (χ2v) is 6.90. The minimum atomic E-state index is -0.0956. The Morgan fingerprint density at radius 2 is 2.05 bits per heavy atom. The van der Waals surface area contributed by atoms with Crippen molar-refractivity contribution >= 4 is 0 Å². The van der Waals surface area contributed by atoms with Gasteiger partial charge in [-0.3, -0.25) is 0 Å². The van der Waals surface area contributed by atoms with E-state index >= 15 is 0 Å². The fourth-order valence-corrected chi connectivity index (χ4v) is 3.43. The van der Waals surface area contributed by atoms with Crippen LogP contribution in [0.4, 0.5) is 4.39 Å². The first kappa shape index (κ1) is 15.5. The van der Waals surface area contributed by atoms with Crippen LogP contribution in [0.25, 0.3) is 0 Å². The Balaban J connectivity index is 1.98. The zero-order chi connectivity index (χ0) is 14.7. The summed E-state index contributed by atoms with van der Waals surface area (Å²) >= 11 is 0. The Labute approximate surface area is 123 Å². The molecule has 0 bridgehead atoms. The maximum Gasteiger partial charge on any atom is 0.126 e. The maximum absolute atomic E-state index is 13.6. The van der Waals surface area contributed by atoms with Gasteiger partial charge in [0.25, 0.3) is 0 Å². The second-order valence-electron chi connectivity index (χ2n) is 6.90. The zero-order valence-electron chi connectivity index (χ0n) is 13.2. The number of rotatable bonds is 4. The van der Waals surface area contributed by atoms with Crippen LogP contribution in [0, 0.1) is 30.5 Å². The monoisotopic (exact) mass is 277 g/mol. The molecule has 3 atom stereocenters. The van der Waals surface area contributed by atoms with Gasteiger partial charge < -0.3 is 5.32 Å². The Hall–Kier alpha value is -0.890. The highest BCUT2D eigenvalue weighted by Crippen LogP contribution is 2.33. The highest BCUT2D eigenvalue weighted by Gasteiger charge is 2.30. The van der Waals surface area contributed by atoms with Gasteiger partial charge in [-0.1, -0.05) is 39.3 Å². The summed E-state index contributed by atoms with van der Waals surface area (Å²) in [6.45, 7) is 9.57. The van der Waals surface area contributed by atoms with Gasteiger partial charge in [-0.15, -0.1) is 0 Å². The van der Waals surface area contributed by atoms with E-state index in [1.165, 1.54) is 19.3 Å². The van der Waals surface area contributed by atoms with E-state index in [4.69, 9.17) is 0 Å². The van der Waals surface area contributed by atoms with Gasteiger partial charge in [-0.05, 0) is 54.7 Å². The van der Waals surface area contributed by atoms with E-state index in [9.17, 15) is 4.39 Å². The molecule has 1 fully saturated rings. The van der Waals surface area contributed by atoms with Crippen molar-refractivity contribution < 1.29 is 4.39 Å². The van der Waals surface area contributed by atoms with E-state index < -0.39 is 0 Å². The molecule has 1 aliphatic carbocycles. The van der Waals surface area contributed by atoms with Gasteiger partial charge in [0.15, 0.2) is 0 Å². The summed E-state index contributed by atoms with van der Waals surface area (Å²) in [5.41, 5.74) is 1.77. The molecule has 20 heavy (non-hydrogen) atoms. The van der Waals surface area contributed by atoms with Gasteiger partial charge >= 0.3 is 0 Å². The topological polar surface area (TPSA) is 12.0 Å². The predicted octanol–water partition coefficient (Wildman–Crippen LogP) is 4.68. The van der Waals surface area contributed by atoms with Crippen LogP contribution in [0.1, 0.15) is 51.2 Å². The molecule has 3 unspecified atom stereocenters. The molecule has 0 aromatic heterocycles. The lowest BCUT2D eigenvalue weighted by molar-refractivity contribution is 0.169. The first-order chi connectivity index (χ1) is 9.47. The van der Waals surface area contributed by atoms with Crippen molar-refractivity contribution in [1.82, 2.24) is 5.32 Å². The number of aryl methyl sites for hydroxylation is 1. The van der Waals surface area contributed by atoms with E-state index in [2.05, 4.69) is 26.1 Å². The molecular formula is C18H28FN. The summed E-state index contributed by atoms with van der Waals surface area (Å²) in [7, 11) is 0. The summed E-state index contributed by atoms with van der Waals surface area (Å²) < 4.78 is 13.6. The van der Waals surface area contributed by atoms with Crippen LogP contribution in [-0.2, 0) is 6.54 Å². The van der Waals surface area contributed by atoms with E-state index in [0.717, 1.165) is 35.4 Å². The lowest BCUT2D eigenvalue weighted by Crippen LogP contribution is -2.42. The van der Waals surface area contributed by atoms with Gasteiger partial charge in [0, 0.05) is 12.6 Å². The van der Waals surface area contributed by atoms with Gasteiger partial charge in [0.05, 0.1) is 0 Å². The van der Waals surface area contributed by atoms with Gasteiger partial charge in [0.2, 0.25) is 0 Å². The van der Waals surface area contributed by atoms with Crippen molar-refractivity contribution in [3.8, 4) is 0 Å². The Morgan fingerprint density at radius 1 is 1.30 bits per heavy atom. The van der Waals surface area contributed by atoms with E-state index in [-0.39, 0.29) is 5.82 Å². The number of nitrogens with one attached hydrogen (secondary N) is 1. The molecule has 0 aliphatic heterocycles. The molecule has 2 heteroatoms. The van der Waals surface area contributed by atoms with E-state index in [1.54, 1.807) is 6.07 Å². The fraction of sp³-hybridized carbons (Fsp3) is 0.667. The third kappa shape index (κ3) is 3.82. The Bertz CT molecular complexity index is 441. The zero-order valence-corrected chi connectivity index (χ0v) is 13.2. The molecule has 0 spiro atoms. The van der Waals surface area contributed by atoms with Crippen LogP contribution in [0.3, 0.4) is 0 Å². The lowest BCUT2D eigenvalue weighted by Gasteiger charge is -2.38. The van der Waals surface area contributed by atoms with E-state index in [0.29, 0.717) is 6.04 Å². The highest BCUT2D eigenvalue weighted by atomic mass is 19.1. The molecule has 1 aromatic rings. The molecule has 0 saturated heterocycles. The number of hydrogen-bond donors (Lipinski definition) is 1. The molecule has 1 saturated carbocycles. The van der Waals surface area contributed by atoms with Crippen molar-refractivity contribution in [3.05, 3.63) is 35.1 Å². The number of hydrogen-bond acceptors (Lipinski definition) is 1. The van der Waals surface area contributed by atoms with Crippen molar-refractivity contribution in [2.75, 3.05) is 0 Å². The third-order valence-corrected chi connectivity index (χ3v) is 4.83. The minimum absolute atomic E-state index is 0.0956. The maximum atomic E-state index is 13.6. The quantitative estimate of drug-likeness (QED) is 0.842. The van der Waals surface area contributed by atoms with Crippen LogP contribution < -0.4 is 5.32 Å². The van der Waals surface area contributed by atoms with Crippen LogP contribution >= 0.6 is 0 Å². The third-order valence-electron chi connectivity index (χ3n) is 4.83.